The normalized spacial score (nSPS) is 10.2. The maximum Gasteiger partial charge on any atom is 0.169 e. The highest BCUT2D eigenvalue weighted by molar-refractivity contribution is 7.09. The summed E-state index contributed by atoms with van der Waals surface area (Å²) < 4.78 is 5.04. The molecule has 2 N–H and O–H groups in total. The molecule has 0 saturated carbocycles. The summed E-state index contributed by atoms with van der Waals surface area (Å²) in [6.07, 6.45) is 2.00. The maximum absolute atomic E-state index is 11.9. The Balaban J connectivity index is 2.17. The fourth-order valence-electron chi connectivity index (χ4n) is 1.49. The molecule has 0 aliphatic heterocycles. The molecule has 0 bridgehead atoms. The van der Waals surface area contributed by atoms with Gasteiger partial charge in [-0.05, 0) is 18.2 Å². The number of methoxy groups -OCH3 is 1. The van der Waals surface area contributed by atoms with Crippen molar-refractivity contribution in [1.82, 2.24) is 4.98 Å². The first-order chi connectivity index (χ1) is 8.20. The van der Waals surface area contributed by atoms with Crippen molar-refractivity contribution in [3.8, 4) is 5.75 Å². The van der Waals surface area contributed by atoms with Crippen molar-refractivity contribution in [2.24, 2.45) is 0 Å². The highest BCUT2D eigenvalue weighted by Crippen LogP contribution is 2.22. The quantitative estimate of drug-likeness (QED) is 0.665. The number of Topliss-reactive ketones (excluding diaryl/α,β-unsaturated/α-hetero) is 1. The summed E-state index contributed by atoms with van der Waals surface area (Å²) in [4.78, 5) is 16.0. The van der Waals surface area contributed by atoms with Crippen LogP contribution in [-0.4, -0.2) is 17.9 Å². The van der Waals surface area contributed by atoms with Crippen LogP contribution in [0.4, 0.5) is 5.69 Å². The lowest BCUT2D eigenvalue weighted by Crippen LogP contribution is -2.04. The highest BCUT2D eigenvalue weighted by atomic mass is 32.1. The predicted molar refractivity (Wildman–Crippen MR) is 67.6 cm³/mol. The highest BCUT2D eigenvalue weighted by Gasteiger charge is 2.10. The van der Waals surface area contributed by atoms with Crippen LogP contribution in [-0.2, 0) is 6.42 Å². The van der Waals surface area contributed by atoms with Crippen molar-refractivity contribution in [3.63, 3.8) is 0 Å². The van der Waals surface area contributed by atoms with Crippen LogP contribution in [0.1, 0.15) is 15.4 Å². The van der Waals surface area contributed by atoms with Crippen molar-refractivity contribution in [2.75, 3.05) is 12.8 Å². The SMILES string of the molecule is COc1ccc(C(=O)Cc2nccs2)cc1N. The number of anilines is 1. The molecular formula is C12H12N2O2S. The minimum Gasteiger partial charge on any atom is -0.495 e. The molecule has 88 valence electrons. The molecule has 2 rings (SSSR count). The Morgan fingerprint density at radius 1 is 1.53 bits per heavy atom. The van der Waals surface area contributed by atoms with Gasteiger partial charge in [0, 0.05) is 17.1 Å². The summed E-state index contributed by atoms with van der Waals surface area (Å²) in [6.45, 7) is 0. The average Bonchev–Trinajstić information content (AvgIpc) is 2.81. The molecule has 1 aromatic carbocycles. The Hall–Kier alpha value is -1.88. The molecule has 0 amide bonds. The third-order valence-corrected chi connectivity index (χ3v) is 3.13. The van der Waals surface area contributed by atoms with Crippen LogP contribution in [0.3, 0.4) is 0 Å². The zero-order valence-electron chi connectivity index (χ0n) is 9.34. The first kappa shape index (κ1) is 11.6. The third-order valence-electron chi connectivity index (χ3n) is 2.35. The van der Waals surface area contributed by atoms with Crippen LogP contribution in [0.5, 0.6) is 5.75 Å². The molecule has 0 aliphatic carbocycles. The van der Waals surface area contributed by atoms with Crippen LogP contribution in [0.25, 0.3) is 0 Å². The van der Waals surface area contributed by atoms with Gasteiger partial charge in [-0.2, -0.15) is 0 Å². The number of nitrogen functional groups attached to an aromatic ring is 1. The van der Waals surface area contributed by atoms with Crippen molar-refractivity contribution in [2.45, 2.75) is 6.42 Å². The molecule has 5 heteroatoms. The lowest BCUT2D eigenvalue weighted by Gasteiger charge is -2.05. The van der Waals surface area contributed by atoms with Gasteiger partial charge in [0.15, 0.2) is 5.78 Å². The fraction of sp³-hybridized carbons (Fsp3) is 0.167. The van der Waals surface area contributed by atoms with Crippen LogP contribution in [0.15, 0.2) is 29.8 Å². The van der Waals surface area contributed by atoms with Gasteiger partial charge in [-0.25, -0.2) is 4.98 Å². The van der Waals surface area contributed by atoms with E-state index in [9.17, 15) is 4.79 Å². The van der Waals surface area contributed by atoms with Gasteiger partial charge >= 0.3 is 0 Å². The molecular weight excluding hydrogens is 236 g/mol. The summed E-state index contributed by atoms with van der Waals surface area (Å²) >= 11 is 1.47. The zero-order chi connectivity index (χ0) is 12.3. The van der Waals surface area contributed by atoms with Crippen LogP contribution < -0.4 is 10.5 Å². The number of rotatable bonds is 4. The molecule has 4 nitrogen and oxygen atoms in total. The van der Waals surface area contributed by atoms with Gasteiger partial charge in [-0.15, -0.1) is 11.3 Å². The molecule has 0 saturated heterocycles. The van der Waals surface area contributed by atoms with E-state index >= 15 is 0 Å². The molecule has 2 aromatic rings. The van der Waals surface area contributed by atoms with Gasteiger partial charge in [0.25, 0.3) is 0 Å². The number of hydrogen-bond donors (Lipinski definition) is 1. The fourth-order valence-corrected chi connectivity index (χ4v) is 2.10. The molecule has 0 unspecified atom stereocenters. The number of benzene rings is 1. The standard InChI is InChI=1S/C12H12N2O2S/c1-16-11-3-2-8(6-9(11)13)10(15)7-12-14-4-5-17-12/h2-6H,7,13H2,1H3. The van der Waals surface area contributed by atoms with Gasteiger partial charge < -0.3 is 10.5 Å². The van der Waals surface area contributed by atoms with E-state index in [1.807, 2.05) is 5.38 Å². The van der Waals surface area contributed by atoms with Crippen molar-refractivity contribution in [3.05, 3.63) is 40.3 Å². The number of thiazole rings is 1. The number of nitrogens with zero attached hydrogens (tertiary/aromatic N) is 1. The number of ether oxygens (including phenoxy) is 1. The predicted octanol–water partition coefficient (Wildman–Crippen LogP) is 2.16. The number of carbonyl (C=O) groups is 1. The molecule has 1 aromatic heterocycles. The van der Waals surface area contributed by atoms with E-state index in [-0.39, 0.29) is 5.78 Å². The third kappa shape index (κ3) is 2.62. The van der Waals surface area contributed by atoms with Gasteiger partial charge in [0.2, 0.25) is 0 Å². The smallest absolute Gasteiger partial charge is 0.169 e. The first-order valence-corrected chi connectivity index (χ1v) is 5.93. The summed E-state index contributed by atoms with van der Waals surface area (Å²) in [7, 11) is 1.54. The second-order valence-electron chi connectivity index (χ2n) is 3.48. The van der Waals surface area contributed by atoms with Crippen molar-refractivity contribution >= 4 is 22.8 Å². The van der Waals surface area contributed by atoms with E-state index in [2.05, 4.69) is 4.98 Å². The molecule has 0 fully saturated rings. The average molecular weight is 248 g/mol. The van der Waals surface area contributed by atoms with E-state index < -0.39 is 0 Å². The Labute approximate surface area is 103 Å². The van der Waals surface area contributed by atoms with E-state index in [4.69, 9.17) is 10.5 Å². The number of aromatic nitrogens is 1. The Morgan fingerprint density at radius 3 is 2.94 bits per heavy atom. The molecule has 0 spiro atoms. The van der Waals surface area contributed by atoms with E-state index in [0.29, 0.717) is 23.4 Å². The summed E-state index contributed by atoms with van der Waals surface area (Å²) in [5.74, 6) is 0.588. The monoisotopic (exact) mass is 248 g/mol. The number of hydrogen-bond acceptors (Lipinski definition) is 5. The second-order valence-corrected chi connectivity index (χ2v) is 4.46. The second kappa shape index (κ2) is 4.97. The number of nitrogens with two attached hydrogens (primary N) is 1. The molecule has 0 aliphatic rings. The Morgan fingerprint density at radius 2 is 2.35 bits per heavy atom. The molecule has 1 heterocycles. The Kier molecular flexibility index (Phi) is 3.39. The van der Waals surface area contributed by atoms with Crippen LogP contribution in [0, 0.1) is 0 Å². The topological polar surface area (TPSA) is 65.2 Å². The minimum atomic E-state index is 0.00861. The van der Waals surface area contributed by atoms with Crippen LogP contribution in [0.2, 0.25) is 0 Å². The van der Waals surface area contributed by atoms with Gasteiger partial charge in [0.1, 0.15) is 10.8 Å². The summed E-state index contributed by atoms with van der Waals surface area (Å²) in [5.41, 5.74) is 6.80. The Bertz CT molecular complexity index is 523. The lowest BCUT2D eigenvalue weighted by atomic mass is 10.1. The van der Waals surface area contributed by atoms with E-state index in [0.717, 1.165) is 5.01 Å². The van der Waals surface area contributed by atoms with Gasteiger partial charge in [-0.3, -0.25) is 4.79 Å². The zero-order valence-corrected chi connectivity index (χ0v) is 10.2. The van der Waals surface area contributed by atoms with Gasteiger partial charge in [0.05, 0.1) is 19.2 Å². The van der Waals surface area contributed by atoms with Crippen LogP contribution >= 0.6 is 11.3 Å². The lowest BCUT2D eigenvalue weighted by molar-refractivity contribution is 0.0993. The molecule has 17 heavy (non-hydrogen) atoms. The van der Waals surface area contributed by atoms with E-state index in [1.165, 1.54) is 11.3 Å². The van der Waals surface area contributed by atoms with Crippen molar-refractivity contribution in [1.29, 1.82) is 0 Å². The first-order valence-electron chi connectivity index (χ1n) is 5.06. The summed E-state index contributed by atoms with van der Waals surface area (Å²) in [5, 5.41) is 2.66. The van der Waals surface area contributed by atoms with Gasteiger partial charge in [-0.1, -0.05) is 0 Å². The maximum atomic E-state index is 11.9. The molecule has 0 radical (unpaired) electrons. The van der Waals surface area contributed by atoms with Crippen molar-refractivity contribution < 1.29 is 9.53 Å². The number of carbonyl (C=O) groups excluding carboxylic acids is 1. The number of ketones is 1. The largest absolute Gasteiger partial charge is 0.495 e. The van der Waals surface area contributed by atoms with E-state index in [1.54, 1.807) is 31.5 Å². The summed E-state index contributed by atoms with van der Waals surface area (Å²) in [6, 6.07) is 5.05. The minimum absolute atomic E-state index is 0.00861. The molecule has 0 atom stereocenters.